The van der Waals surface area contributed by atoms with E-state index in [9.17, 15) is 9.50 Å². The number of pyridine rings is 2. The minimum atomic E-state index is -1.82. The molecule has 0 aliphatic carbocycles. The van der Waals surface area contributed by atoms with E-state index in [0.29, 0.717) is 28.8 Å². The van der Waals surface area contributed by atoms with Gasteiger partial charge in [-0.2, -0.15) is 4.98 Å². The van der Waals surface area contributed by atoms with Gasteiger partial charge in [-0.05, 0) is 44.3 Å². The number of aliphatic hydroxyl groups is 1. The molecule has 0 fully saturated rings. The Morgan fingerprint density at radius 2 is 1.55 bits per heavy atom. The highest BCUT2D eigenvalue weighted by molar-refractivity contribution is 5.66. The third-order valence-electron chi connectivity index (χ3n) is 7.21. The number of halogens is 2. The largest absolute Gasteiger partial charge is 0.494 e. The maximum atomic E-state index is 16.2. The van der Waals surface area contributed by atoms with Crippen LogP contribution in [0, 0.1) is 11.6 Å². The molecule has 2 unspecified atom stereocenters. The highest BCUT2D eigenvalue weighted by Gasteiger charge is 2.44. The molecule has 4 aromatic rings. The fourth-order valence-corrected chi connectivity index (χ4v) is 5.07. The summed E-state index contributed by atoms with van der Waals surface area (Å²) >= 11 is 0. The highest BCUT2D eigenvalue weighted by atomic mass is 19.1. The zero-order valence-electron chi connectivity index (χ0n) is 24.5. The maximum absolute atomic E-state index is 16.2. The van der Waals surface area contributed by atoms with E-state index in [1.165, 1.54) is 46.8 Å². The van der Waals surface area contributed by atoms with E-state index in [0.717, 1.165) is 0 Å². The Morgan fingerprint density at radius 3 is 2.14 bits per heavy atom. The van der Waals surface area contributed by atoms with Crippen molar-refractivity contribution < 1.29 is 32.8 Å². The minimum Gasteiger partial charge on any atom is -0.494 e. The summed E-state index contributed by atoms with van der Waals surface area (Å²) in [5.74, 6) is -1.72. The molecule has 2 aromatic carbocycles. The van der Waals surface area contributed by atoms with Gasteiger partial charge in [0.25, 0.3) is 0 Å². The molecule has 0 aliphatic heterocycles. The smallest absolute Gasteiger partial charge is 0.217 e. The molecule has 4 rings (SSSR count). The van der Waals surface area contributed by atoms with Crippen LogP contribution >= 0.6 is 0 Å². The lowest BCUT2D eigenvalue weighted by Crippen LogP contribution is -2.38. The zero-order valence-corrected chi connectivity index (χ0v) is 24.5. The van der Waals surface area contributed by atoms with E-state index < -0.39 is 23.2 Å². The molecule has 0 bridgehead atoms. The standard InChI is InChI=1S/C32H35F2N3O5/c1-37(2)15-14-32(38,21-17-27(40-4)36-28(18-21)41-5)29(23-11-9-13-26(39-3)30(23)34)24-16-20(19-35-31(24)42-6)22-10-7-8-12-25(22)33/h7-13,16-19,29,38H,14-15H2,1-6H3. The number of hydrogen-bond acceptors (Lipinski definition) is 8. The summed E-state index contributed by atoms with van der Waals surface area (Å²) in [5, 5.41) is 12.9. The van der Waals surface area contributed by atoms with Gasteiger partial charge in [-0.1, -0.05) is 30.3 Å². The van der Waals surface area contributed by atoms with Crippen LogP contribution in [-0.2, 0) is 5.60 Å². The predicted molar refractivity (Wildman–Crippen MR) is 155 cm³/mol. The first-order valence-electron chi connectivity index (χ1n) is 13.3. The van der Waals surface area contributed by atoms with Crippen LogP contribution in [-0.4, -0.2) is 69.1 Å². The monoisotopic (exact) mass is 579 g/mol. The van der Waals surface area contributed by atoms with Crippen LogP contribution in [0.25, 0.3) is 11.1 Å². The lowest BCUT2D eigenvalue weighted by atomic mass is 9.71. The molecule has 222 valence electrons. The Labute approximate surface area is 244 Å². The summed E-state index contributed by atoms with van der Waals surface area (Å²) in [6, 6.07) is 15.8. The van der Waals surface area contributed by atoms with Gasteiger partial charge < -0.3 is 29.0 Å². The summed E-state index contributed by atoms with van der Waals surface area (Å²) < 4.78 is 53.0. The van der Waals surface area contributed by atoms with E-state index in [2.05, 4.69) is 9.97 Å². The normalized spacial score (nSPS) is 13.4. The van der Waals surface area contributed by atoms with Gasteiger partial charge in [0.2, 0.25) is 17.6 Å². The SMILES string of the molecule is COc1cc(C(O)(CCN(C)C)C(c2cc(-c3ccccc3F)cnc2OC)c2cccc(OC)c2F)cc(OC)n1. The molecule has 0 saturated heterocycles. The van der Waals surface area contributed by atoms with Gasteiger partial charge >= 0.3 is 0 Å². The zero-order chi connectivity index (χ0) is 30.4. The summed E-state index contributed by atoms with van der Waals surface area (Å²) in [7, 11) is 9.45. The molecule has 0 spiro atoms. The van der Waals surface area contributed by atoms with Gasteiger partial charge in [0.05, 0.1) is 34.4 Å². The molecular formula is C32H35F2N3O5. The third kappa shape index (κ3) is 6.14. The summed E-state index contributed by atoms with van der Waals surface area (Å²) in [6.07, 6.45) is 1.61. The van der Waals surface area contributed by atoms with E-state index in [4.69, 9.17) is 18.9 Å². The second kappa shape index (κ2) is 13.1. The number of nitrogens with zero attached hydrogens (tertiary/aromatic N) is 3. The molecule has 0 amide bonds. The van der Waals surface area contributed by atoms with Crippen molar-refractivity contribution in [2.75, 3.05) is 49.1 Å². The van der Waals surface area contributed by atoms with Crippen molar-refractivity contribution in [2.24, 2.45) is 0 Å². The first-order valence-corrected chi connectivity index (χ1v) is 13.3. The van der Waals surface area contributed by atoms with Crippen molar-refractivity contribution in [3.63, 3.8) is 0 Å². The van der Waals surface area contributed by atoms with Crippen molar-refractivity contribution in [3.8, 4) is 34.5 Å². The lowest BCUT2D eigenvalue weighted by molar-refractivity contribution is 0.00229. The summed E-state index contributed by atoms with van der Waals surface area (Å²) in [4.78, 5) is 10.7. The topological polar surface area (TPSA) is 86.2 Å². The van der Waals surface area contributed by atoms with E-state index in [-0.39, 0.29) is 35.4 Å². The average molecular weight is 580 g/mol. The van der Waals surface area contributed by atoms with Crippen LogP contribution in [0.1, 0.15) is 29.0 Å². The Hall–Kier alpha value is -4.28. The fraction of sp³-hybridized carbons (Fsp3) is 0.312. The molecule has 0 aliphatic rings. The lowest BCUT2D eigenvalue weighted by Gasteiger charge is -2.39. The minimum absolute atomic E-state index is 0.00506. The van der Waals surface area contributed by atoms with Crippen LogP contribution in [0.15, 0.2) is 66.9 Å². The number of aromatic nitrogens is 2. The van der Waals surface area contributed by atoms with Gasteiger partial charge in [0, 0.05) is 47.1 Å². The number of benzene rings is 2. The van der Waals surface area contributed by atoms with Gasteiger partial charge in [0.1, 0.15) is 11.4 Å². The van der Waals surface area contributed by atoms with Crippen molar-refractivity contribution in [2.45, 2.75) is 17.9 Å². The van der Waals surface area contributed by atoms with E-state index in [1.54, 1.807) is 48.5 Å². The summed E-state index contributed by atoms with van der Waals surface area (Å²) in [6.45, 7) is 0.411. The Balaban J connectivity index is 2.11. The van der Waals surface area contributed by atoms with E-state index >= 15 is 4.39 Å². The van der Waals surface area contributed by atoms with Gasteiger partial charge in [0.15, 0.2) is 11.6 Å². The molecule has 1 N–H and O–H groups in total. The third-order valence-corrected chi connectivity index (χ3v) is 7.21. The van der Waals surface area contributed by atoms with Crippen LogP contribution in [0.2, 0.25) is 0 Å². The Morgan fingerprint density at radius 1 is 0.857 bits per heavy atom. The second-order valence-electron chi connectivity index (χ2n) is 10.0. The Kier molecular flexibility index (Phi) is 9.59. The molecule has 0 radical (unpaired) electrons. The van der Waals surface area contributed by atoms with Gasteiger partial charge in [-0.15, -0.1) is 0 Å². The first kappa shape index (κ1) is 30.7. The number of methoxy groups -OCH3 is 4. The molecular weight excluding hydrogens is 544 g/mol. The number of ether oxygens (including phenoxy) is 4. The molecule has 10 heteroatoms. The fourth-order valence-electron chi connectivity index (χ4n) is 5.07. The molecule has 8 nitrogen and oxygen atoms in total. The molecule has 42 heavy (non-hydrogen) atoms. The molecule has 0 saturated carbocycles. The highest BCUT2D eigenvalue weighted by Crippen LogP contribution is 2.49. The van der Waals surface area contributed by atoms with Crippen LogP contribution in [0.4, 0.5) is 8.78 Å². The molecule has 2 atom stereocenters. The van der Waals surface area contributed by atoms with Gasteiger partial charge in [-0.25, -0.2) is 13.8 Å². The number of rotatable bonds is 12. The molecule has 2 heterocycles. The average Bonchev–Trinajstić information content (AvgIpc) is 3.00. The van der Waals surface area contributed by atoms with E-state index in [1.807, 2.05) is 19.0 Å². The van der Waals surface area contributed by atoms with Crippen LogP contribution < -0.4 is 18.9 Å². The van der Waals surface area contributed by atoms with Crippen LogP contribution in [0.5, 0.6) is 23.4 Å². The second-order valence-corrected chi connectivity index (χ2v) is 10.0. The van der Waals surface area contributed by atoms with Crippen molar-refractivity contribution in [1.29, 1.82) is 0 Å². The Bertz CT molecular complexity index is 1510. The maximum Gasteiger partial charge on any atom is 0.217 e. The first-order chi connectivity index (χ1) is 20.2. The quantitative estimate of drug-likeness (QED) is 0.238. The molecule has 2 aromatic heterocycles. The number of hydrogen-bond donors (Lipinski definition) is 1. The van der Waals surface area contributed by atoms with Crippen LogP contribution in [0.3, 0.4) is 0 Å². The summed E-state index contributed by atoms with van der Waals surface area (Å²) in [5.41, 5.74) is -0.278. The van der Waals surface area contributed by atoms with Crippen molar-refractivity contribution >= 4 is 0 Å². The van der Waals surface area contributed by atoms with Crippen molar-refractivity contribution in [1.82, 2.24) is 14.9 Å². The van der Waals surface area contributed by atoms with Crippen molar-refractivity contribution in [3.05, 3.63) is 95.2 Å². The predicted octanol–water partition coefficient (Wildman–Crippen LogP) is 5.43. The van der Waals surface area contributed by atoms with Gasteiger partial charge in [-0.3, -0.25) is 0 Å².